The van der Waals surface area contributed by atoms with Crippen molar-refractivity contribution in [3.05, 3.63) is 11.6 Å². The summed E-state index contributed by atoms with van der Waals surface area (Å²) in [5.74, 6) is 0.717. The zero-order chi connectivity index (χ0) is 8.85. The highest BCUT2D eigenvalue weighted by Gasteiger charge is 2.02. The summed E-state index contributed by atoms with van der Waals surface area (Å²) in [5.41, 5.74) is 1.21. The van der Waals surface area contributed by atoms with Crippen molar-refractivity contribution in [1.82, 2.24) is 0 Å². The van der Waals surface area contributed by atoms with E-state index in [4.69, 9.17) is 0 Å². The second kappa shape index (κ2) is 5.11. The van der Waals surface area contributed by atoms with Crippen molar-refractivity contribution in [1.29, 1.82) is 0 Å². The highest BCUT2D eigenvalue weighted by Crippen LogP contribution is 2.15. The third kappa shape index (κ3) is 4.77. The van der Waals surface area contributed by atoms with Crippen molar-refractivity contribution in [3.8, 4) is 0 Å². The molecule has 0 saturated carbocycles. The predicted molar refractivity (Wildman–Crippen MR) is 48.5 cm³/mol. The quantitative estimate of drug-likeness (QED) is 0.569. The molecule has 0 bridgehead atoms. The minimum absolute atomic E-state index is 0.158. The average molecular weight is 154 g/mol. The molecule has 1 heteroatoms. The number of ketones is 1. The first-order chi connectivity index (χ1) is 5.07. The van der Waals surface area contributed by atoms with Gasteiger partial charge >= 0.3 is 0 Å². The Morgan fingerprint density at radius 2 is 2.00 bits per heavy atom. The number of carbonyl (C=O) groups excluding carboxylic acids is 1. The second-order valence-corrected chi connectivity index (χ2v) is 3.19. The van der Waals surface area contributed by atoms with Crippen LogP contribution in [0.15, 0.2) is 11.6 Å². The van der Waals surface area contributed by atoms with Gasteiger partial charge in [-0.15, -0.1) is 0 Å². The summed E-state index contributed by atoms with van der Waals surface area (Å²) in [6, 6.07) is 0. The Bertz CT molecular complexity index is 156. The van der Waals surface area contributed by atoms with Gasteiger partial charge < -0.3 is 0 Å². The van der Waals surface area contributed by atoms with Gasteiger partial charge in [-0.25, -0.2) is 0 Å². The summed E-state index contributed by atoms with van der Waals surface area (Å²) in [4.78, 5) is 10.7. The minimum atomic E-state index is 0.158. The molecule has 0 aromatic rings. The Morgan fingerprint density at radius 3 is 2.36 bits per heavy atom. The first-order valence-corrected chi connectivity index (χ1v) is 4.26. The minimum Gasteiger partial charge on any atom is -0.295 e. The first kappa shape index (κ1) is 10.4. The van der Waals surface area contributed by atoms with E-state index in [2.05, 4.69) is 13.8 Å². The molecule has 0 saturated heterocycles. The van der Waals surface area contributed by atoms with Crippen molar-refractivity contribution >= 4 is 5.78 Å². The summed E-state index contributed by atoms with van der Waals surface area (Å²) >= 11 is 0. The Hall–Kier alpha value is -0.590. The van der Waals surface area contributed by atoms with E-state index in [1.54, 1.807) is 13.0 Å². The monoisotopic (exact) mass is 154 g/mol. The Kier molecular flexibility index (Phi) is 4.84. The molecule has 0 fully saturated rings. The van der Waals surface area contributed by atoms with Crippen LogP contribution in [0.4, 0.5) is 0 Å². The lowest BCUT2D eigenvalue weighted by atomic mass is 9.97. The number of rotatable bonds is 4. The SMILES string of the molecule is CCCC(C)/C(C)=C/C(C)=O. The van der Waals surface area contributed by atoms with Crippen LogP contribution in [-0.2, 0) is 4.79 Å². The van der Waals surface area contributed by atoms with E-state index in [0.717, 1.165) is 0 Å². The van der Waals surface area contributed by atoms with Crippen molar-refractivity contribution in [2.45, 2.75) is 40.5 Å². The molecule has 0 spiro atoms. The van der Waals surface area contributed by atoms with E-state index in [-0.39, 0.29) is 5.78 Å². The van der Waals surface area contributed by atoms with Gasteiger partial charge in [0.25, 0.3) is 0 Å². The van der Waals surface area contributed by atoms with Gasteiger partial charge in [-0.1, -0.05) is 25.8 Å². The molecule has 0 aliphatic rings. The van der Waals surface area contributed by atoms with Gasteiger partial charge in [0.1, 0.15) is 0 Å². The first-order valence-electron chi connectivity index (χ1n) is 4.26. The van der Waals surface area contributed by atoms with Crippen LogP contribution in [0, 0.1) is 5.92 Å². The topological polar surface area (TPSA) is 17.1 Å². The number of hydrogen-bond donors (Lipinski definition) is 0. The maximum atomic E-state index is 10.7. The highest BCUT2D eigenvalue weighted by atomic mass is 16.1. The van der Waals surface area contributed by atoms with Crippen molar-refractivity contribution in [2.24, 2.45) is 5.92 Å². The van der Waals surface area contributed by atoms with Crippen LogP contribution in [0.25, 0.3) is 0 Å². The molecule has 1 unspecified atom stereocenters. The van der Waals surface area contributed by atoms with E-state index in [1.165, 1.54) is 18.4 Å². The van der Waals surface area contributed by atoms with Gasteiger partial charge in [0.15, 0.2) is 5.78 Å². The third-order valence-electron chi connectivity index (χ3n) is 1.93. The fraction of sp³-hybridized carbons (Fsp3) is 0.700. The Balaban J connectivity index is 4.00. The average Bonchev–Trinajstić information content (AvgIpc) is 1.86. The van der Waals surface area contributed by atoms with Crippen LogP contribution in [0.5, 0.6) is 0 Å². The lowest BCUT2D eigenvalue weighted by molar-refractivity contribution is -0.112. The van der Waals surface area contributed by atoms with E-state index >= 15 is 0 Å². The largest absolute Gasteiger partial charge is 0.295 e. The zero-order valence-corrected chi connectivity index (χ0v) is 7.98. The number of carbonyl (C=O) groups is 1. The van der Waals surface area contributed by atoms with Gasteiger partial charge in [-0.2, -0.15) is 0 Å². The molecule has 1 nitrogen and oxygen atoms in total. The molecular weight excluding hydrogens is 136 g/mol. The molecule has 0 aliphatic carbocycles. The Morgan fingerprint density at radius 1 is 1.45 bits per heavy atom. The lowest BCUT2D eigenvalue weighted by Gasteiger charge is -2.09. The smallest absolute Gasteiger partial charge is 0.152 e. The van der Waals surface area contributed by atoms with Crippen LogP contribution in [-0.4, -0.2) is 5.78 Å². The van der Waals surface area contributed by atoms with Gasteiger partial charge in [0.05, 0.1) is 0 Å². The van der Waals surface area contributed by atoms with Gasteiger partial charge in [0, 0.05) is 0 Å². The maximum Gasteiger partial charge on any atom is 0.152 e. The fourth-order valence-corrected chi connectivity index (χ4v) is 1.12. The molecule has 1 atom stereocenters. The van der Waals surface area contributed by atoms with Crippen molar-refractivity contribution < 1.29 is 4.79 Å². The summed E-state index contributed by atoms with van der Waals surface area (Å²) < 4.78 is 0. The molecule has 0 radical (unpaired) electrons. The van der Waals surface area contributed by atoms with Crippen LogP contribution in [0.2, 0.25) is 0 Å². The van der Waals surface area contributed by atoms with E-state index in [9.17, 15) is 4.79 Å². The molecule has 64 valence electrons. The Labute approximate surface area is 69.5 Å². The van der Waals surface area contributed by atoms with Crippen molar-refractivity contribution in [3.63, 3.8) is 0 Å². The summed E-state index contributed by atoms with van der Waals surface area (Å²) in [6.07, 6.45) is 4.10. The van der Waals surface area contributed by atoms with Gasteiger partial charge in [0.2, 0.25) is 0 Å². The molecule has 0 heterocycles. The molecule has 11 heavy (non-hydrogen) atoms. The van der Waals surface area contributed by atoms with Crippen LogP contribution < -0.4 is 0 Å². The molecule has 0 aromatic carbocycles. The van der Waals surface area contributed by atoms with Crippen LogP contribution in [0.1, 0.15) is 40.5 Å². The predicted octanol–water partition coefficient (Wildman–Crippen LogP) is 2.96. The highest BCUT2D eigenvalue weighted by molar-refractivity contribution is 5.87. The molecule has 0 rings (SSSR count). The molecule has 0 aliphatic heterocycles. The van der Waals surface area contributed by atoms with Gasteiger partial charge in [-0.3, -0.25) is 4.79 Å². The fourth-order valence-electron chi connectivity index (χ4n) is 1.12. The molecular formula is C10H18O. The molecule has 0 N–H and O–H groups in total. The molecule has 0 aromatic heterocycles. The lowest BCUT2D eigenvalue weighted by Crippen LogP contribution is -1.97. The third-order valence-corrected chi connectivity index (χ3v) is 1.93. The zero-order valence-electron chi connectivity index (χ0n) is 7.98. The molecule has 0 amide bonds. The van der Waals surface area contributed by atoms with Crippen LogP contribution >= 0.6 is 0 Å². The number of allylic oxidation sites excluding steroid dienone is 2. The summed E-state index contributed by atoms with van der Waals surface area (Å²) in [7, 11) is 0. The van der Waals surface area contributed by atoms with E-state index in [0.29, 0.717) is 5.92 Å². The van der Waals surface area contributed by atoms with Crippen LogP contribution in [0.3, 0.4) is 0 Å². The van der Waals surface area contributed by atoms with Crippen molar-refractivity contribution in [2.75, 3.05) is 0 Å². The maximum absolute atomic E-state index is 10.7. The summed E-state index contributed by atoms with van der Waals surface area (Å²) in [6.45, 7) is 7.96. The van der Waals surface area contributed by atoms with E-state index in [1.807, 2.05) is 6.92 Å². The van der Waals surface area contributed by atoms with E-state index < -0.39 is 0 Å². The summed E-state index contributed by atoms with van der Waals surface area (Å²) in [5, 5.41) is 0. The number of hydrogen-bond acceptors (Lipinski definition) is 1. The van der Waals surface area contributed by atoms with Gasteiger partial charge in [-0.05, 0) is 32.3 Å². The normalized spacial score (nSPS) is 14.7. The standard InChI is InChI=1S/C10H18O/c1-5-6-8(2)9(3)7-10(4)11/h7-8H,5-6H2,1-4H3/b9-7+. The second-order valence-electron chi connectivity index (χ2n) is 3.19.